The van der Waals surface area contributed by atoms with Crippen LogP contribution in [0.5, 0.6) is 5.75 Å². The summed E-state index contributed by atoms with van der Waals surface area (Å²) in [7, 11) is 0. The number of aromatic nitrogens is 1. The van der Waals surface area contributed by atoms with Gasteiger partial charge in [-0.25, -0.2) is 4.98 Å². The van der Waals surface area contributed by atoms with E-state index in [0.29, 0.717) is 6.61 Å². The molecule has 0 bridgehead atoms. The first-order valence-electron chi connectivity index (χ1n) is 11.1. The molecule has 1 heterocycles. The molecule has 1 N–H and O–H groups in total. The Morgan fingerprint density at radius 1 is 1.06 bits per heavy atom. The van der Waals surface area contributed by atoms with E-state index in [2.05, 4.69) is 50.9 Å². The SMILES string of the molecule is CC1(C)CCC(C)(C)c2cc(COc3ccc([C@@H](CC(=O)O)c4nccs4)cc3)ccc21. The lowest BCUT2D eigenvalue weighted by Crippen LogP contribution is -2.33. The molecule has 3 aromatic rings. The van der Waals surface area contributed by atoms with E-state index in [1.165, 1.54) is 40.9 Å². The van der Waals surface area contributed by atoms with E-state index >= 15 is 0 Å². The van der Waals surface area contributed by atoms with Gasteiger partial charge < -0.3 is 9.84 Å². The predicted molar refractivity (Wildman–Crippen MR) is 129 cm³/mol. The number of benzene rings is 2. The molecule has 0 saturated heterocycles. The maximum absolute atomic E-state index is 11.3. The van der Waals surface area contributed by atoms with Crippen LogP contribution in [-0.4, -0.2) is 16.1 Å². The van der Waals surface area contributed by atoms with Gasteiger partial charge in [0.15, 0.2) is 0 Å². The van der Waals surface area contributed by atoms with Crippen LogP contribution < -0.4 is 4.74 Å². The molecule has 0 unspecified atom stereocenters. The zero-order valence-corrected chi connectivity index (χ0v) is 20.0. The molecule has 168 valence electrons. The van der Waals surface area contributed by atoms with Crippen molar-refractivity contribution in [3.63, 3.8) is 0 Å². The minimum absolute atomic E-state index is 0.0228. The second-order valence-electron chi connectivity index (χ2n) is 10.0. The lowest BCUT2D eigenvalue weighted by Gasteiger charge is -2.42. The van der Waals surface area contributed by atoms with Crippen LogP contribution in [0.1, 0.15) is 80.1 Å². The van der Waals surface area contributed by atoms with Crippen molar-refractivity contribution >= 4 is 17.3 Å². The van der Waals surface area contributed by atoms with Gasteiger partial charge in [0.25, 0.3) is 0 Å². The number of carbonyl (C=O) groups is 1. The van der Waals surface area contributed by atoms with E-state index in [0.717, 1.165) is 16.3 Å². The highest BCUT2D eigenvalue weighted by Gasteiger charge is 2.36. The van der Waals surface area contributed by atoms with Crippen LogP contribution in [0.3, 0.4) is 0 Å². The van der Waals surface area contributed by atoms with Gasteiger partial charge in [0.1, 0.15) is 17.4 Å². The molecule has 2 aromatic carbocycles. The summed E-state index contributed by atoms with van der Waals surface area (Å²) in [5, 5.41) is 12.0. The smallest absolute Gasteiger partial charge is 0.304 e. The van der Waals surface area contributed by atoms with Crippen LogP contribution in [-0.2, 0) is 22.2 Å². The predicted octanol–water partition coefficient (Wildman–Crippen LogP) is 6.68. The molecule has 1 aliphatic rings. The van der Waals surface area contributed by atoms with Crippen LogP contribution in [0.15, 0.2) is 54.0 Å². The van der Waals surface area contributed by atoms with Crippen molar-refractivity contribution in [1.82, 2.24) is 4.98 Å². The summed E-state index contributed by atoms with van der Waals surface area (Å²) >= 11 is 1.48. The molecule has 1 aromatic heterocycles. The van der Waals surface area contributed by atoms with E-state index in [-0.39, 0.29) is 23.2 Å². The van der Waals surface area contributed by atoms with Crippen molar-refractivity contribution in [2.45, 2.75) is 70.3 Å². The van der Waals surface area contributed by atoms with Crippen molar-refractivity contribution in [2.24, 2.45) is 0 Å². The Hall–Kier alpha value is -2.66. The summed E-state index contributed by atoms with van der Waals surface area (Å²) in [6.45, 7) is 9.85. The average molecular weight is 450 g/mol. The zero-order valence-electron chi connectivity index (χ0n) is 19.2. The number of carboxylic acid groups (broad SMARTS) is 1. The van der Waals surface area contributed by atoms with E-state index in [1.807, 2.05) is 29.6 Å². The number of nitrogens with zero attached hydrogens (tertiary/aromatic N) is 1. The highest BCUT2D eigenvalue weighted by atomic mass is 32.1. The molecule has 4 rings (SSSR count). The number of hydrogen-bond donors (Lipinski definition) is 1. The van der Waals surface area contributed by atoms with E-state index in [9.17, 15) is 9.90 Å². The van der Waals surface area contributed by atoms with Gasteiger partial charge in [-0.2, -0.15) is 0 Å². The normalized spacial score (nSPS) is 17.4. The van der Waals surface area contributed by atoms with Crippen LogP contribution >= 0.6 is 11.3 Å². The summed E-state index contributed by atoms with van der Waals surface area (Å²) in [6.07, 6.45) is 4.14. The Kier molecular flexibility index (Phi) is 6.13. The summed E-state index contributed by atoms with van der Waals surface area (Å²) in [5.74, 6) is -0.295. The number of hydrogen-bond acceptors (Lipinski definition) is 4. The Labute approximate surface area is 194 Å². The highest BCUT2D eigenvalue weighted by Crippen LogP contribution is 2.46. The molecule has 32 heavy (non-hydrogen) atoms. The molecular weight excluding hydrogens is 418 g/mol. The fourth-order valence-corrected chi connectivity index (χ4v) is 5.38. The second kappa shape index (κ2) is 8.70. The largest absolute Gasteiger partial charge is 0.489 e. The zero-order chi connectivity index (χ0) is 22.9. The quantitative estimate of drug-likeness (QED) is 0.437. The van der Waals surface area contributed by atoms with Crippen molar-refractivity contribution < 1.29 is 14.6 Å². The van der Waals surface area contributed by atoms with Crippen molar-refractivity contribution in [3.8, 4) is 5.75 Å². The molecule has 1 aliphatic carbocycles. The second-order valence-corrected chi connectivity index (χ2v) is 11.0. The molecule has 0 spiro atoms. The van der Waals surface area contributed by atoms with Crippen molar-refractivity contribution in [2.75, 3.05) is 0 Å². The molecule has 4 nitrogen and oxygen atoms in total. The number of aliphatic carboxylic acids is 1. The van der Waals surface area contributed by atoms with Gasteiger partial charge >= 0.3 is 5.97 Å². The third-order valence-corrected chi connectivity index (χ3v) is 7.62. The van der Waals surface area contributed by atoms with Gasteiger partial charge in [-0.15, -0.1) is 11.3 Å². The molecule has 0 amide bonds. The molecule has 1 atom stereocenters. The minimum atomic E-state index is -0.830. The number of thiazole rings is 1. The molecular formula is C27H31NO3S. The third-order valence-electron chi connectivity index (χ3n) is 6.73. The fourth-order valence-electron chi connectivity index (χ4n) is 4.62. The fraction of sp³-hybridized carbons (Fsp3) is 0.407. The van der Waals surface area contributed by atoms with Crippen LogP contribution in [0.25, 0.3) is 0 Å². The van der Waals surface area contributed by atoms with Gasteiger partial charge in [0.2, 0.25) is 0 Å². The Morgan fingerprint density at radius 3 is 2.38 bits per heavy atom. The molecule has 0 aliphatic heterocycles. The number of ether oxygens (including phenoxy) is 1. The van der Waals surface area contributed by atoms with Crippen molar-refractivity contribution in [1.29, 1.82) is 0 Å². The van der Waals surface area contributed by atoms with E-state index in [4.69, 9.17) is 4.74 Å². The number of rotatable bonds is 7. The van der Waals surface area contributed by atoms with Crippen molar-refractivity contribution in [3.05, 3.63) is 81.3 Å². The Balaban J connectivity index is 1.49. The van der Waals surface area contributed by atoms with Gasteiger partial charge in [-0.05, 0) is 58.1 Å². The summed E-state index contributed by atoms with van der Waals surface area (Å²) in [6, 6.07) is 14.5. The van der Waals surface area contributed by atoms with E-state index < -0.39 is 5.97 Å². The maximum atomic E-state index is 11.3. The highest BCUT2D eigenvalue weighted by molar-refractivity contribution is 7.09. The minimum Gasteiger partial charge on any atom is -0.489 e. The number of fused-ring (bicyclic) bond motifs is 1. The Morgan fingerprint density at radius 2 is 1.75 bits per heavy atom. The molecule has 0 saturated carbocycles. The van der Waals surface area contributed by atoms with Gasteiger partial charge in [0.05, 0.1) is 6.42 Å². The summed E-state index contributed by atoms with van der Waals surface area (Å²) < 4.78 is 6.08. The molecule has 0 fully saturated rings. The first-order chi connectivity index (χ1) is 15.2. The lowest BCUT2D eigenvalue weighted by molar-refractivity contribution is -0.137. The lowest BCUT2D eigenvalue weighted by atomic mass is 9.63. The first kappa shape index (κ1) is 22.5. The van der Waals surface area contributed by atoms with Crippen LogP contribution in [0, 0.1) is 0 Å². The van der Waals surface area contributed by atoms with Crippen LogP contribution in [0.4, 0.5) is 0 Å². The monoisotopic (exact) mass is 449 g/mol. The van der Waals surface area contributed by atoms with Gasteiger partial charge in [-0.3, -0.25) is 4.79 Å². The van der Waals surface area contributed by atoms with Gasteiger partial charge in [0, 0.05) is 17.5 Å². The first-order valence-corrected chi connectivity index (χ1v) is 12.0. The summed E-state index contributed by atoms with van der Waals surface area (Å²) in [5.41, 5.74) is 5.39. The topological polar surface area (TPSA) is 59.4 Å². The van der Waals surface area contributed by atoms with Gasteiger partial charge in [-0.1, -0.05) is 58.0 Å². The Bertz CT molecular complexity index is 1080. The van der Waals surface area contributed by atoms with E-state index in [1.54, 1.807) is 6.20 Å². The maximum Gasteiger partial charge on any atom is 0.304 e. The molecule has 5 heteroatoms. The average Bonchev–Trinajstić information content (AvgIpc) is 3.29. The summed E-state index contributed by atoms with van der Waals surface area (Å²) in [4.78, 5) is 15.7. The molecule has 0 radical (unpaired) electrons. The van der Waals surface area contributed by atoms with Crippen LogP contribution in [0.2, 0.25) is 0 Å². The third kappa shape index (κ3) is 4.73. The standard InChI is InChI=1S/C27H31NO3S/c1-26(2)11-12-27(3,4)23-15-18(5-10-22(23)26)17-31-20-8-6-19(7-9-20)21(16-24(29)30)25-28-13-14-32-25/h5-10,13-15,21H,11-12,16-17H2,1-4H3,(H,29,30)/t21-/m1/s1. The number of carboxylic acids is 1.